The molecule has 1 aliphatic rings. The van der Waals surface area contributed by atoms with Crippen molar-refractivity contribution >= 4 is 17.8 Å². The first-order valence-corrected chi connectivity index (χ1v) is 8.13. The zero-order valence-corrected chi connectivity index (χ0v) is 15.2. The maximum atomic E-state index is 12.0. The molecule has 1 aliphatic heterocycles. The summed E-state index contributed by atoms with van der Waals surface area (Å²) in [4.78, 5) is 35.2. The number of nitrogens with one attached hydrogen (secondary N) is 2. The Balaban J connectivity index is 2.30. The fourth-order valence-corrected chi connectivity index (χ4v) is 2.73. The molecule has 0 saturated carbocycles. The van der Waals surface area contributed by atoms with Crippen LogP contribution in [0.5, 0.6) is 11.5 Å². The molecule has 0 saturated heterocycles. The van der Waals surface area contributed by atoms with Crippen LogP contribution in [0, 0.1) is 0 Å². The molecule has 1 heterocycles. The highest BCUT2D eigenvalue weighted by atomic mass is 16.6. The van der Waals surface area contributed by atoms with Gasteiger partial charge in [0.15, 0.2) is 23.9 Å². The van der Waals surface area contributed by atoms with Gasteiger partial charge in [-0.05, 0) is 38.5 Å². The number of ether oxygens (including phenoxy) is 3. The molecule has 140 valence electrons. The van der Waals surface area contributed by atoms with E-state index in [4.69, 9.17) is 14.2 Å². The van der Waals surface area contributed by atoms with Crippen molar-refractivity contribution in [2.45, 2.75) is 26.8 Å². The molecule has 0 radical (unpaired) electrons. The average Bonchev–Trinajstić information content (AvgIpc) is 2.58. The monoisotopic (exact) mass is 362 g/mol. The second-order valence-corrected chi connectivity index (χ2v) is 5.63. The zero-order chi connectivity index (χ0) is 19.3. The third-order valence-corrected chi connectivity index (χ3v) is 3.82. The lowest BCUT2D eigenvalue weighted by Gasteiger charge is -2.28. The fourth-order valence-electron chi connectivity index (χ4n) is 2.73. The number of carbonyl (C=O) groups excluding carboxylic acids is 3. The van der Waals surface area contributed by atoms with Crippen LogP contribution < -0.4 is 20.1 Å². The second kappa shape index (κ2) is 8.37. The van der Waals surface area contributed by atoms with Crippen molar-refractivity contribution < 1.29 is 28.6 Å². The maximum absolute atomic E-state index is 12.0. The molecule has 0 fully saturated rings. The molecule has 2 amide bonds. The van der Waals surface area contributed by atoms with Crippen LogP contribution in [-0.4, -0.2) is 38.1 Å². The summed E-state index contributed by atoms with van der Waals surface area (Å²) in [6.07, 6.45) is 0. The minimum Gasteiger partial charge on any atom is -0.493 e. The third-order valence-electron chi connectivity index (χ3n) is 3.82. The van der Waals surface area contributed by atoms with E-state index in [1.807, 2.05) is 0 Å². The number of esters is 1. The molecule has 1 atom stereocenters. The number of rotatable bonds is 7. The molecule has 1 aromatic carbocycles. The summed E-state index contributed by atoms with van der Waals surface area (Å²) in [6, 6.07) is 3.99. The van der Waals surface area contributed by atoms with Gasteiger partial charge in [0.1, 0.15) is 0 Å². The molecule has 0 bridgehead atoms. The van der Waals surface area contributed by atoms with E-state index in [1.165, 1.54) is 14.0 Å². The van der Waals surface area contributed by atoms with E-state index in [1.54, 1.807) is 32.0 Å². The first kappa shape index (κ1) is 19.3. The third kappa shape index (κ3) is 4.33. The molecule has 8 nitrogen and oxygen atoms in total. The van der Waals surface area contributed by atoms with Crippen LogP contribution in [0.25, 0.3) is 0 Å². The molecule has 2 N–H and O–H groups in total. The highest BCUT2D eigenvalue weighted by Gasteiger charge is 2.29. The number of benzene rings is 1. The summed E-state index contributed by atoms with van der Waals surface area (Å²) in [5.41, 5.74) is 1.63. The maximum Gasteiger partial charge on any atom is 0.344 e. The lowest BCUT2D eigenvalue weighted by molar-refractivity contribution is -0.145. The highest BCUT2D eigenvalue weighted by molar-refractivity contribution is 5.98. The van der Waals surface area contributed by atoms with E-state index < -0.39 is 12.0 Å². The number of amides is 2. The predicted molar refractivity (Wildman–Crippen MR) is 92.9 cm³/mol. The number of hydrogen-bond donors (Lipinski definition) is 2. The van der Waals surface area contributed by atoms with E-state index in [-0.39, 0.29) is 25.0 Å². The largest absolute Gasteiger partial charge is 0.493 e. The van der Waals surface area contributed by atoms with Gasteiger partial charge < -0.3 is 24.8 Å². The number of Topliss-reactive ketones (excluding diaryl/α,β-unsaturated/α-hetero) is 1. The van der Waals surface area contributed by atoms with Gasteiger partial charge in [0.25, 0.3) is 0 Å². The van der Waals surface area contributed by atoms with Gasteiger partial charge in [0.2, 0.25) is 0 Å². The second-order valence-electron chi connectivity index (χ2n) is 5.63. The average molecular weight is 362 g/mol. The first-order chi connectivity index (χ1) is 12.4. The van der Waals surface area contributed by atoms with Gasteiger partial charge in [-0.25, -0.2) is 9.59 Å². The Morgan fingerprint density at radius 1 is 1.23 bits per heavy atom. The van der Waals surface area contributed by atoms with Gasteiger partial charge >= 0.3 is 12.0 Å². The smallest absolute Gasteiger partial charge is 0.344 e. The molecule has 2 rings (SSSR count). The number of allylic oxidation sites excluding steroid dienone is 1. The van der Waals surface area contributed by atoms with Gasteiger partial charge in [-0.2, -0.15) is 0 Å². The molecular formula is C18H22N2O6. The van der Waals surface area contributed by atoms with Crippen molar-refractivity contribution in [3.8, 4) is 11.5 Å². The van der Waals surface area contributed by atoms with Crippen molar-refractivity contribution in [3.05, 3.63) is 35.0 Å². The molecule has 1 aromatic rings. The summed E-state index contributed by atoms with van der Waals surface area (Å²) in [5.74, 6) is 0.0954. The Morgan fingerprint density at radius 3 is 2.58 bits per heavy atom. The lowest BCUT2D eigenvalue weighted by Crippen LogP contribution is -2.44. The minimum absolute atomic E-state index is 0.151. The van der Waals surface area contributed by atoms with Crippen LogP contribution in [0.2, 0.25) is 0 Å². The van der Waals surface area contributed by atoms with E-state index >= 15 is 0 Å². The normalized spacial score (nSPS) is 16.5. The van der Waals surface area contributed by atoms with Gasteiger partial charge in [-0.1, -0.05) is 6.07 Å². The quantitative estimate of drug-likeness (QED) is 0.718. The van der Waals surface area contributed by atoms with Crippen molar-refractivity contribution in [1.29, 1.82) is 0 Å². The molecule has 0 aliphatic carbocycles. The zero-order valence-electron chi connectivity index (χ0n) is 15.2. The Hall–Kier alpha value is -3.03. The summed E-state index contributed by atoms with van der Waals surface area (Å²) < 4.78 is 15.6. The Morgan fingerprint density at radius 2 is 1.96 bits per heavy atom. The standard InChI is InChI=1S/C18H22N2O6/c1-5-25-15(22)9-26-13-7-6-12(8-14(13)24-4)17-16(11(3)21)10(2)19-18(23)20-17/h6-8,17H,5,9H2,1-4H3,(H2,19,20,23)/t17-/m0/s1. The number of carbonyl (C=O) groups is 3. The molecule has 0 unspecified atom stereocenters. The van der Waals surface area contributed by atoms with E-state index in [2.05, 4.69) is 10.6 Å². The molecule has 26 heavy (non-hydrogen) atoms. The van der Waals surface area contributed by atoms with Crippen molar-refractivity contribution in [3.63, 3.8) is 0 Å². The van der Waals surface area contributed by atoms with Gasteiger partial charge in [0, 0.05) is 11.3 Å². The first-order valence-electron chi connectivity index (χ1n) is 8.13. The van der Waals surface area contributed by atoms with Gasteiger partial charge in [-0.15, -0.1) is 0 Å². The molecule has 0 aromatic heterocycles. The molecular weight excluding hydrogens is 340 g/mol. The topological polar surface area (TPSA) is 103 Å². The number of methoxy groups -OCH3 is 1. The van der Waals surface area contributed by atoms with Crippen molar-refractivity contribution in [1.82, 2.24) is 10.6 Å². The number of hydrogen-bond acceptors (Lipinski definition) is 6. The van der Waals surface area contributed by atoms with Gasteiger partial charge in [-0.3, -0.25) is 4.79 Å². The number of urea groups is 1. The minimum atomic E-state index is -0.603. The van der Waals surface area contributed by atoms with Crippen molar-refractivity contribution in [2.75, 3.05) is 20.3 Å². The van der Waals surface area contributed by atoms with Crippen LogP contribution in [-0.2, 0) is 14.3 Å². The summed E-state index contributed by atoms with van der Waals surface area (Å²) in [7, 11) is 1.46. The summed E-state index contributed by atoms with van der Waals surface area (Å²) in [6.45, 7) is 4.86. The Labute approximate surface area is 151 Å². The number of ketones is 1. The van der Waals surface area contributed by atoms with Gasteiger partial charge in [0.05, 0.1) is 19.8 Å². The Kier molecular flexibility index (Phi) is 6.21. The predicted octanol–water partition coefficient (Wildman–Crippen LogP) is 1.85. The van der Waals surface area contributed by atoms with E-state index in [9.17, 15) is 14.4 Å². The van der Waals surface area contributed by atoms with Crippen LogP contribution >= 0.6 is 0 Å². The molecule has 8 heteroatoms. The fraction of sp³-hybridized carbons (Fsp3) is 0.389. The SMILES string of the molecule is CCOC(=O)COc1ccc([C@@H]2NC(=O)NC(C)=C2C(C)=O)cc1OC. The summed E-state index contributed by atoms with van der Waals surface area (Å²) >= 11 is 0. The lowest BCUT2D eigenvalue weighted by atomic mass is 9.93. The van der Waals surface area contributed by atoms with Crippen molar-refractivity contribution in [2.24, 2.45) is 0 Å². The van der Waals surface area contributed by atoms with E-state index in [0.717, 1.165) is 0 Å². The van der Waals surface area contributed by atoms with Crippen LogP contribution in [0.15, 0.2) is 29.5 Å². The van der Waals surface area contributed by atoms with Crippen LogP contribution in [0.1, 0.15) is 32.4 Å². The summed E-state index contributed by atoms with van der Waals surface area (Å²) in [5, 5.41) is 5.33. The van der Waals surface area contributed by atoms with Crippen LogP contribution in [0.3, 0.4) is 0 Å². The highest BCUT2D eigenvalue weighted by Crippen LogP contribution is 2.34. The molecule has 0 spiro atoms. The van der Waals surface area contributed by atoms with Crippen LogP contribution in [0.4, 0.5) is 4.79 Å². The Bertz CT molecular complexity index is 756. The van der Waals surface area contributed by atoms with E-state index in [0.29, 0.717) is 28.3 Å².